The lowest BCUT2D eigenvalue weighted by Crippen LogP contribution is -2.10. The Morgan fingerprint density at radius 1 is 0.250 bits per heavy atom. The van der Waals surface area contributed by atoms with E-state index in [4.69, 9.17) is 0 Å². The van der Waals surface area contributed by atoms with E-state index in [0.717, 1.165) is 33.9 Å². The molecule has 64 heavy (non-hydrogen) atoms. The van der Waals surface area contributed by atoms with Crippen molar-refractivity contribution in [2.45, 2.75) is 0 Å². The third-order valence-electron chi connectivity index (χ3n) is 12.8. The Bertz CT molecular complexity index is 3610. The van der Waals surface area contributed by atoms with Crippen molar-refractivity contribution in [1.29, 1.82) is 0 Å². The molecule has 300 valence electrons. The van der Waals surface area contributed by atoms with E-state index in [1.807, 2.05) is 0 Å². The lowest BCUT2D eigenvalue weighted by atomic mass is 9.97. The van der Waals surface area contributed by atoms with Crippen LogP contribution in [0.4, 0.5) is 17.1 Å². The molecule has 0 bridgehead atoms. The van der Waals surface area contributed by atoms with Crippen molar-refractivity contribution in [1.82, 2.24) is 4.57 Å². The van der Waals surface area contributed by atoms with E-state index in [-0.39, 0.29) is 0 Å². The number of para-hydroxylation sites is 1. The maximum Gasteiger partial charge on any atom is 0.0625 e. The average molecular weight is 815 g/mol. The second-order valence-electron chi connectivity index (χ2n) is 16.5. The summed E-state index contributed by atoms with van der Waals surface area (Å²) < 4.78 is 2.46. The Labute approximate surface area is 373 Å². The predicted octanol–water partition coefficient (Wildman–Crippen LogP) is 17.2. The van der Waals surface area contributed by atoms with E-state index in [9.17, 15) is 0 Å². The van der Waals surface area contributed by atoms with Gasteiger partial charge in [0.15, 0.2) is 0 Å². The van der Waals surface area contributed by atoms with Crippen LogP contribution in [0.3, 0.4) is 0 Å². The topological polar surface area (TPSA) is 8.17 Å². The SMILES string of the molecule is c1ccc(-c2ccc(-c3ccc(N(c4ccc(-c5ccccc5)cc4)c4cccc(-c5ccc(-n6c7ccccc7c7c8ccccc8c8ccccc8c76)cc5)c4)cc3)cc2)cc1. The van der Waals surface area contributed by atoms with Crippen LogP contribution in [0.1, 0.15) is 0 Å². The number of fused-ring (bicyclic) bond motifs is 8. The standard InChI is InChI=1S/C62H42N2/c1-3-14-43(15-4-1)45-26-28-46(29-27-45)48-32-38-52(39-33-48)63(51-36-30-47(31-37-51)44-16-5-2-6-17-44)54-19-13-18-50(42-54)49-34-40-53(41-35-49)64-60-25-12-11-24-59(60)61-57-22-9-7-20-55(57)56-21-8-10-23-58(56)62(61)64/h1-42H. The minimum Gasteiger partial charge on any atom is -0.310 e. The third kappa shape index (κ3) is 6.52. The molecule has 12 rings (SSSR count). The normalized spacial score (nSPS) is 11.4. The van der Waals surface area contributed by atoms with Gasteiger partial charge in [-0.15, -0.1) is 0 Å². The molecule has 0 fully saturated rings. The number of hydrogen-bond donors (Lipinski definition) is 0. The molecule has 0 aliphatic rings. The van der Waals surface area contributed by atoms with Crippen LogP contribution in [0.2, 0.25) is 0 Å². The van der Waals surface area contributed by atoms with Crippen molar-refractivity contribution in [2.75, 3.05) is 4.90 Å². The minimum atomic E-state index is 1.09. The fraction of sp³-hybridized carbons (Fsp3) is 0. The van der Waals surface area contributed by atoms with Crippen molar-refractivity contribution in [3.05, 3.63) is 255 Å². The molecule has 0 saturated heterocycles. The van der Waals surface area contributed by atoms with Gasteiger partial charge >= 0.3 is 0 Å². The smallest absolute Gasteiger partial charge is 0.0625 e. The quantitative estimate of drug-likeness (QED) is 0.139. The number of aromatic nitrogens is 1. The molecular weight excluding hydrogens is 773 g/mol. The molecule has 12 aromatic rings. The van der Waals surface area contributed by atoms with E-state index >= 15 is 0 Å². The number of rotatable bonds is 8. The van der Waals surface area contributed by atoms with Crippen molar-refractivity contribution in [2.24, 2.45) is 0 Å². The van der Waals surface area contributed by atoms with Gasteiger partial charge in [-0.1, -0.05) is 200 Å². The summed E-state index contributed by atoms with van der Waals surface area (Å²) in [5, 5.41) is 7.67. The summed E-state index contributed by atoms with van der Waals surface area (Å²) in [6.45, 7) is 0. The zero-order chi connectivity index (χ0) is 42.4. The lowest BCUT2D eigenvalue weighted by Gasteiger charge is -2.26. The molecule has 11 aromatic carbocycles. The Balaban J connectivity index is 0.928. The van der Waals surface area contributed by atoms with Gasteiger partial charge in [-0.3, -0.25) is 0 Å². The average Bonchev–Trinajstić information content (AvgIpc) is 3.73. The van der Waals surface area contributed by atoms with Crippen molar-refractivity contribution >= 4 is 60.4 Å². The number of anilines is 3. The molecule has 0 N–H and O–H groups in total. The van der Waals surface area contributed by atoms with Crippen LogP contribution < -0.4 is 4.90 Å². The van der Waals surface area contributed by atoms with Gasteiger partial charge in [0, 0.05) is 38.9 Å². The summed E-state index contributed by atoms with van der Waals surface area (Å²) in [5.74, 6) is 0. The first kappa shape index (κ1) is 37.3. The first-order chi connectivity index (χ1) is 31.7. The Hall–Kier alpha value is -8.46. The highest BCUT2D eigenvalue weighted by molar-refractivity contribution is 6.32. The number of hydrogen-bond acceptors (Lipinski definition) is 1. The summed E-state index contributed by atoms with van der Waals surface area (Å²) >= 11 is 0. The first-order valence-corrected chi connectivity index (χ1v) is 22.0. The number of nitrogens with zero attached hydrogens (tertiary/aromatic N) is 2. The highest BCUT2D eigenvalue weighted by Crippen LogP contribution is 2.43. The summed E-state index contributed by atoms with van der Waals surface area (Å²) in [5.41, 5.74) is 16.4. The van der Waals surface area contributed by atoms with E-state index in [2.05, 4.69) is 264 Å². The lowest BCUT2D eigenvalue weighted by molar-refractivity contribution is 1.19. The summed E-state index contributed by atoms with van der Waals surface area (Å²) in [7, 11) is 0. The Kier molecular flexibility index (Phi) is 9.20. The molecule has 0 spiro atoms. The zero-order valence-corrected chi connectivity index (χ0v) is 35.1. The van der Waals surface area contributed by atoms with Gasteiger partial charge in [0.05, 0.1) is 11.0 Å². The molecule has 1 heterocycles. The molecule has 2 heteroatoms. The molecule has 0 atom stereocenters. The molecule has 0 aliphatic carbocycles. The highest BCUT2D eigenvalue weighted by Gasteiger charge is 2.19. The maximum absolute atomic E-state index is 2.46. The largest absolute Gasteiger partial charge is 0.310 e. The van der Waals surface area contributed by atoms with E-state index < -0.39 is 0 Å². The molecule has 2 nitrogen and oxygen atoms in total. The Morgan fingerprint density at radius 2 is 0.641 bits per heavy atom. The van der Waals surface area contributed by atoms with Gasteiger partial charge in [0.25, 0.3) is 0 Å². The van der Waals surface area contributed by atoms with E-state index in [1.54, 1.807) is 0 Å². The van der Waals surface area contributed by atoms with Gasteiger partial charge in [-0.2, -0.15) is 0 Å². The third-order valence-corrected chi connectivity index (χ3v) is 12.8. The van der Waals surface area contributed by atoms with Crippen LogP contribution in [0.25, 0.3) is 93.5 Å². The summed E-state index contributed by atoms with van der Waals surface area (Å²) in [4.78, 5) is 2.36. The molecule has 0 aliphatic heterocycles. The predicted molar refractivity (Wildman–Crippen MR) is 272 cm³/mol. The second-order valence-corrected chi connectivity index (χ2v) is 16.5. The first-order valence-electron chi connectivity index (χ1n) is 22.0. The molecular formula is C62H42N2. The van der Waals surface area contributed by atoms with Gasteiger partial charge in [-0.05, 0) is 115 Å². The second kappa shape index (κ2) is 15.8. The van der Waals surface area contributed by atoms with Crippen LogP contribution >= 0.6 is 0 Å². The maximum atomic E-state index is 2.46. The number of benzene rings is 11. The van der Waals surface area contributed by atoms with Crippen molar-refractivity contribution < 1.29 is 0 Å². The molecule has 0 radical (unpaired) electrons. The fourth-order valence-electron chi connectivity index (χ4n) is 9.69. The van der Waals surface area contributed by atoms with Crippen LogP contribution in [0, 0.1) is 0 Å². The van der Waals surface area contributed by atoms with E-state index in [0.29, 0.717) is 0 Å². The van der Waals surface area contributed by atoms with E-state index in [1.165, 1.54) is 76.7 Å². The summed E-state index contributed by atoms with van der Waals surface area (Å²) in [6.07, 6.45) is 0. The minimum absolute atomic E-state index is 1.09. The van der Waals surface area contributed by atoms with Crippen molar-refractivity contribution in [3.63, 3.8) is 0 Å². The van der Waals surface area contributed by atoms with Crippen LogP contribution in [-0.2, 0) is 0 Å². The molecule has 1 aromatic heterocycles. The molecule has 0 saturated carbocycles. The molecule has 0 unspecified atom stereocenters. The summed E-state index contributed by atoms with van der Waals surface area (Å²) in [6, 6.07) is 92.4. The monoisotopic (exact) mass is 814 g/mol. The van der Waals surface area contributed by atoms with Crippen LogP contribution in [0.5, 0.6) is 0 Å². The fourth-order valence-corrected chi connectivity index (χ4v) is 9.69. The van der Waals surface area contributed by atoms with Crippen LogP contribution in [-0.4, -0.2) is 4.57 Å². The van der Waals surface area contributed by atoms with Gasteiger partial charge in [0.1, 0.15) is 0 Å². The van der Waals surface area contributed by atoms with Gasteiger partial charge in [0.2, 0.25) is 0 Å². The van der Waals surface area contributed by atoms with Gasteiger partial charge in [-0.25, -0.2) is 0 Å². The Morgan fingerprint density at radius 3 is 1.20 bits per heavy atom. The van der Waals surface area contributed by atoms with Gasteiger partial charge < -0.3 is 9.47 Å². The zero-order valence-electron chi connectivity index (χ0n) is 35.1. The molecule has 0 amide bonds. The van der Waals surface area contributed by atoms with Crippen molar-refractivity contribution in [3.8, 4) is 50.2 Å². The van der Waals surface area contributed by atoms with Crippen LogP contribution in [0.15, 0.2) is 255 Å². The highest BCUT2D eigenvalue weighted by atomic mass is 15.1.